The number of benzene rings is 1. The molecule has 4 nitrogen and oxygen atoms in total. The van der Waals surface area contributed by atoms with Crippen molar-refractivity contribution in [3.63, 3.8) is 0 Å². The van der Waals surface area contributed by atoms with Crippen LogP contribution in [-0.4, -0.2) is 36.5 Å². The maximum atomic E-state index is 12.3. The zero-order valence-electron chi connectivity index (χ0n) is 13.9. The Balaban J connectivity index is 0.00000242. The lowest BCUT2D eigenvalue weighted by Gasteiger charge is -2.27. The molecule has 1 aromatic carbocycles. The smallest absolute Gasteiger partial charge is 0.224 e. The molecule has 0 aromatic heterocycles. The Kier molecular flexibility index (Phi) is 10.5. The highest BCUT2D eigenvalue weighted by Gasteiger charge is 2.24. The van der Waals surface area contributed by atoms with E-state index < -0.39 is 0 Å². The third kappa shape index (κ3) is 6.68. The first-order valence-corrected chi connectivity index (χ1v) is 7.91. The molecule has 0 bridgehead atoms. The third-order valence-corrected chi connectivity index (χ3v) is 4.36. The van der Waals surface area contributed by atoms with E-state index in [1.165, 1.54) is 12.8 Å². The molecule has 0 saturated carbocycles. The fourth-order valence-corrected chi connectivity index (χ4v) is 2.69. The number of hydrogen-bond acceptors (Lipinski definition) is 3. The molecule has 1 fully saturated rings. The second kappa shape index (κ2) is 10.9. The lowest BCUT2D eigenvalue weighted by molar-refractivity contribution is -0.125. The van der Waals surface area contributed by atoms with E-state index in [0.717, 1.165) is 25.2 Å². The number of carbonyl (C=O) groups is 1. The van der Waals surface area contributed by atoms with Gasteiger partial charge in [-0.25, -0.2) is 0 Å². The number of nitrogens with two attached hydrogens (primary N) is 1. The molecular formula is C17H29Cl2N3O. The van der Waals surface area contributed by atoms with Crippen LogP contribution in [0.2, 0.25) is 0 Å². The van der Waals surface area contributed by atoms with Gasteiger partial charge in [-0.15, -0.1) is 24.8 Å². The molecule has 1 heterocycles. The molecule has 3 N–H and O–H groups in total. The second-order valence-electron chi connectivity index (χ2n) is 6.13. The minimum absolute atomic E-state index is 0. The Labute approximate surface area is 152 Å². The lowest BCUT2D eigenvalue weighted by Crippen LogP contribution is -2.43. The first-order chi connectivity index (χ1) is 10.1. The summed E-state index contributed by atoms with van der Waals surface area (Å²) in [5, 5.41) is 3.18. The van der Waals surface area contributed by atoms with Gasteiger partial charge in [0.15, 0.2) is 0 Å². The summed E-state index contributed by atoms with van der Waals surface area (Å²) in [7, 11) is 0. The van der Waals surface area contributed by atoms with Crippen molar-refractivity contribution in [1.29, 1.82) is 0 Å². The highest BCUT2D eigenvalue weighted by Crippen LogP contribution is 2.18. The van der Waals surface area contributed by atoms with Crippen LogP contribution in [0.15, 0.2) is 30.3 Å². The molecule has 132 valence electrons. The van der Waals surface area contributed by atoms with Crippen molar-refractivity contribution in [3.8, 4) is 0 Å². The van der Waals surface area contributed by atoms with E-state index in [2.05, 4.69) is 22.3 Å². The summed E-state index contributed by atoms with van der Waals surface area (Å²) in [6, 6.07) is 10.1. The molecular weight excluding hydrogens is 333 g/mol. The predicted molar refractivity (Wildman–Crippen MR) is 100 cm³/mol. The summed E-state index contributed by atoms with van der Waals surface area (Å²) in [4.78, 5) is 14.8. The van der Waals surface area contributed by atoms with Crippen LogP contribution in [0, 0.1) is 5.92 Å². The maximum absolute atomic E-state index is 12.3. The van der Waals surface area contributed by atoms with Crippen LogP contribution < -0.4 is 11.1 Å². The van der Waals surface area contributed by atoms with Crippen molar-refractivity contribution in [2.75, 3.05) is 19.6 Å². The molecule has 0 radical (unpaired) electrons. The Bertz CT molecular complexity index is 450. The van der Waals surface area contributed by atoms with E-state index in [9.17, 15) is 4.79 Å². The molecule has 0 spiro atoms. The van der Waals surface area contributed by atoms with Crippen molar-refractivity contribution in [2.24, 2.45) is 11.7 Å². The van der Waals surface area contributed by atoms with Crippen molar-refractivity contribution in [3.05, 3.63) is 35.9 Å². The van der Waals surface area contributed by atoms with Gasteiger partial charge in [-0.3, -0.25) is 4.79 Å². The van der Waals surface area contributed by atoms with Gasteiger partial charge in [-0.05, 0) is 38.4 Å². The summed E-state index contributed by atoms with van der Waals surface area (Å²) < 4.78 is 0. The standard InChI is InChI=1S/C17H27N3O.2ClH/c1-13(14(2)18)17(21)19-16(12-20-10-6-7-11-20)15-8-4-3-5-9-15;;/h3-5,8-9,13-14,16H,6-7,10-12,18H2,1-2H3,(H,19,21);2*1H. The van der Waals surface area contributed by atoms with Crippen LogP contribution in [0.1, 0.15) is 38.3 Å². The number of halogens is 2. The number of amides is 1. The van der Waals surface area contributed by atoms with Crippen molar-refractivity contribution < 1.29 is 4.79 Å². The van der Waals surface area contributed by atoms with E-state index in [4.69, 9.17) is 5.73 Å². The number of nitrogens with one attached hydrogen (secondary N) is 1. The van der Waals surface area contributed by atoms with Crippen LogP contribution in [0.5, 0.6) is 0 Å². The summed E-state index contributed by atoms with van der Waals surface area (Å²) in [6.45, 7) is 6.89. The summed E-state index contributed by atoms with van der Waals surface area (Å²) in [5.74, 6) is -0.132. The molecule has 1 aromatic rings. The molecule has 2 rings (SSSR count). The van der Waals surface area contributed by atoms with Crippen molar-refractivity contribution >= 4 is 30.7 Å². The van der Waals surface area contributed by atoms with Crippen molar-refractivity contribution in [1.82, 2.24) is 10.2 Å². The van der Waals surface area contributed by atoms with E-state index in [0.29, 0.717) is 0 Å². The van der Waals surface area contributed by atoms with Gasteiger partial charge in [0, 0.05) is 18.5 Å². The molecule has 1 saturated heterocycles. The van der Waals surface area contributed by atoms with E-state index in [1.54, 1.807) is 0 Å². The van der Waals surface area contributed by atoms with Crippen LogP contribution in [0.3, 0.4) is 0 Å². The lowest BCUT2D eigenvalue weighted by atomic mass is 10.0. The average Bonchev–Trinajstić information content (AvgIpc) is 2.99. The molecule has 1 amide bonds. The summed E-state index contributed by atoms with van der Waals surface area (Å²) >= 11 is 0. The number of rotatable bonds is 6. The van der Waals surface area contributed by atoms with Gasteiger partial charge in [0.1, 0.15) is 0 Å². The molecule has 23 heavy (non-hydrogen) atoms. The monoisotopic (exact) mass is 361 g/mol. The molecule has 3 unspecified atom stereocenters. The quantitative estimate of drug-likeness (QED) is 0.818. The topological polar surface area (TPSA) is 58.4 Å². The van der Waals surface area contributed by atoms with Gasteiger partial charge in [0.2, 0.25) is 5.91 Å². The first kappa shape index (κ1) is 22.2. The minimum Gasteiger partial charge on any atom is -0.348 e. The fourth-order valence-electron chi connectivity index (χ4n) is 2.69. The molecule has 3 atom stereocenters. The maximum Gasteiger partial charge on any atom is 0.224 e. The van der Waals surface area contributed by atoms with Gasteiger partial charge in [0.25, 0.3) is 0 Å². The Morgan fingerprint density at radius 2 is 1.74 bits per heavy atom. The van der Waals surface area contributed by atoms with Crippen LogP contribution in [-0.2, 0) is 4.79 Å². The van der Waals surface area contributed by atoms with Gasteiger partial charge in [0.05, 0.1) is 6.04 Å². The highest BCUT2D eigenvalue weighted by atomic mass is 35.5. The third-order valence-electron chi connectivity index (χ3n) is 4.36. The number of hydrogen-bond donors (Lipinski definition) is 2. The molecule has 6 heteroatoms. The van der Waals surface area contributed by atoms with E-state index in [-0.39, 0.29) is 48.7 Å². The van der Waals surface area contributed by atoms with Gasteiger partial charge >= 0.3 is 0 Å². The first-order valence-electron chi connectivity index (χ1n) is 7.91. The van der Waals surface area contributed by atoms with Gasteiger partial charge < -0.3 is 16.0 Å². The number of carbonyl (C=O) groups excluding carboxylic acids is 1. The number of likely N-dealkylation sites (tertiary alicyclic amines) is 1. The Morgan fingerprint density at radius 3 is 2.26 bits per heavy atom. The Morgan fingerprint density at radius 1 is 1.17 bits per heavy atom. The predicted octanol–water partition coefficient (Wildman–Crippen LogP) is 2.77. The number of nitrogens with zero attached hydrogens (tertiary/aromatic N) is 1. The Hall–Kier alpha value is -0.810. The minimum atomic E-state index is -0.171. The van der Waals surface area contributed by atoms with Crippen LogP contribution in [0.25, 0.3) is 0 Å². The van der Waals surface area contributed by atoms with Crippen LogP contribution >= 0.6 is 24.8 Å². The second-order valence-corrected chi connectivity index (χ2v) is 6.13. The fraction of sp³-hybridized carbons (Fsp3) is 0.588. The van der Waals surface area contributed by atoms with Crippen molar-refractivity contribution in [2.45, 2.75) is 38.8 Å². The van der Waals surface area contributed by atoms with Crippen LogP contribution in [0.4, 0.5) is 0 Å². The summed E-state index contributed by atoms with van der Waals surface area (Å²) in [5.41, 5.74) is 7.01. The van der Waals surface area contributed by atoms with Gasteiger partial charge in [-0.1, -0.05) is 37.3 Å². The zero-order chi connectivity index (χ0) is 15.2. The van der Waals surface area contributed by atoms with Gasteiger partial charge in [-0.2, -0.15) is 0 Å². The SMILES string of the molecule is CC(N)C(C)C(=O)NC(CN1CCCC1)c1ccccc1.Cl.Cl. The normalized spacial score (nSPS) is 18.2. The van der Waals surface area contributed by atoms with E-state index >= 15 is 0 Å². The average molecular weight is 362 g/mol. The molecule has 0 aliphatic carbocycles. The summed E-state index contributed by atoms with van der Waals surface area (Å²) in [6.07, 6.45) is 2.51. The van der Waals surface area contributed by atoms with E-state index in [1.807, 2.05) is 32.0 Å². The largest absolute Gasteiger partial charge is 0.348 e. The highest BCUT2D eigenvalue weighted by molar-refractivity contribution is 5.85. The molecule has 1 aliphatic rings. The zero-order valence-corrected chi connectivity index (χ0v) is 15.5. The molecule has 1 aliphatic heterocycles.